The molecular formula is C32H62O4. The normalized spacial score (nSPS) is 12.4. The van der Waals surface area contributed by atoms with Crippen molar-refractivity contribution in [3.8, 4) is 0 Å². The van der Waals surface area contributed by atoms with E-state index in [2.05, 4.69) is 26.0 Å². The van der Waals surface area contributed by atoms with Crippen molar-refractivity contribution in [2.45, 2.75) is 168 Å². The lowest BCUT2D eigenvalue weighted by Gasteiger charge is -2.15. The van der Waals surface area contributed by atoms with Crippen LogP contribution in [0.1, 0.15) is 162 Å². The smallest absolute Gasteiger partial charge is 0.306 e. The second-order valence-corrected chi connectivity index (χ2v) is 10.5. The number of hydrogen-bond donors (Lipinski definition) is 1. The molecule has 0 aromatic rings. The number of unbranched alkanes of at least 4 members (excludes halogenated alkanes) is 19. The molecule has 0 aliphatic carbocycles. The Kier molecular flexibility index (Phi) is 29.6. The summed E-state index contributed by atoms with van der Waals surface area (Å²) in [6.45, 7) is 5.32. The van der Waals surface area contributed by atoms with Gasteiger partial charge in [-0.15, -0.1) is 0 Å². The molecule has 0 spiro atoms. The van der Waals surface area contributed by atoms with E-state index >= 15 is 0 Å². The molecular weight excluding hydrogens is 448 g/mol. The van der Waals surface area contributed by atoms with Crippen molar-refractivity contribution in [2.75, 3.05) is 19.8 Å². The van der Waals surface area contributed by atoms with E-state index in [-0.39, 0.29) is 12.6 Å². The van der Waals surface area contributed by atoms with Gasteiger partial charge in [0, 0.05) is 13.0 Å². The molecule has 4 nitrogen and oxygen atoms in total. The highest BCUT2D eigenvalue weighted by Crippen LogP contribution is 2.12. The van der Waals surface area contributed by atoms with Gasteiger partial charge >= 0.3 is 5.97 Å². The molecule has 1 atom stereocenters. The summed E-state index contributed by atoms with van der Waals surface area (Å²) in [4.78, 5) is 12.0. The van der Waals surface area contributed by atoms with Crippen molar-refractivity contribution in [2.24, 2.45) is 0 Å². The van der Waals surface area contributed by atoms with Gasteiger partial charge < -0.3 is 14.6 Å². The highest BCUT2D eigenvalue weighted by Gasteiger charge is 2.13. The summed E-state index contributed by atoms with van der Waals surface area (Å²) in [5, 5.41) is 9.49. The SMILES string of the molecule is CCCCCC/C=C\CCCCCCCC(=O)OC(CO)COCCCCCCCCCCCCC. The molecule has 0 bridgehead atoms. The summed E-state index contributed by atoms with van der Waals surface area (Å²) < 4.78 is 11.0. The molecule has 214 valence electrons. The van der Waals surface area contributed by atoms with Gasteiger partial charge in [0.2, 0.25) is 0 Å². The summed E-state index contributed by atoms with van der Waals surface area (Å²) in [5.74, 6) is -0.210. The maximum Gasteiger partial charge on any atom is 0.306 e. The third kappa shape index (κ3) is 27.7. The van der Waals surface area contributed by atoms with Crippen molar-refractivity contribution in [1.82, 2.24) is 0 Å². The summed E-state index contributed by atoms with van der Waals surface area (Å²) >= 11 is 0. The molecule has 0 fully saturated rings. The fourth-order valence-corrected chi connectivity index (χ4v) is 4.44. The average molecular weight is 511 g/mol. The molecule has 0 saturated heterocycles. The number of carbonyl (C=O) groups is 1. The third-order valence-electron chi connectivity index (χ3n) is 6.84. The number of aliphatic hydroxyl groups excluding tert-OH is 1. The fraction of sp³-hybridized carbons (Fsp3) is 0.906. The standard InChI is InChI=1S/C32H62O4/c1-3-5-7-9-11-13-15-16-17-19-21-23-25-27-32(34)36-31(29-33)30-35-28-26-24-22-20-18-14-12-10-8-6-4-2/h13,15,31,33H,3-12,14,16-30H2,1-2H3/b15-13-. The average Bonchev–Trinajstić information content (AvgIpc) is 2.88. The zero-order chi connectivity index (χ0) is 26.4. The number of esters is 1. The van der Waals surface area contributed by atoms with E-state index in [9.17, 15) is 9.90 Å². The first-order valence-electron chi connectivity index (χ1n) is 15.8. The summed E-state index contributed by atoms with van der Waals surface area (Å²) in [5.41, 5.74) is 0. The monoisotopic (exact) mass is 510 g/mol. The molecule has 0 rings (SSSR count). The molecule has 0 aliphatic heterocycles. The van der Waals surface area contributed by atoms with Crippen LogP contribution in [-0.2, 0) is 14.3 Å². The molecule has 36 heavy (non-hydrogen) atoms. The number of ether oxygens (including phenoxy) is 2. The number of allylic oxidation sites excluding steroid dienone is 2. The third-order valence-corrected chi connectivity index (χ3v) is 6.84. The Hall–Kier alpha value is -0.870. The lowest BCUT2D eigenvalue weighted by molar-refractivity contribution is -0.154. The summed E-state index contributed by atoms with van der Waals surface area (Å²) in [6.07, 6.45) is 32.3. The first kappa shape index (κ1) is 35.1. The van der Waals surface area contributed by atoms with E-state index in [4.69, 9.17) is 9.47 Å². The molecule has 1 N–H and O–H groups in total. The van der Waals surface area contributed by atoms with Crippen LogP contribution in [0.2, 0.25) is 0 Å². The van der Waals surface area contributed by atoms with Crippen LogP contribution in [0.15, 0.2) is 12.2 Å². The molecule has 0 aliphatic rings. The van der Waals surface area contributed by atoms with E-state index in [0.29, 0.717) is 19.6 Å². The number of carbonyl (C=O) groups excluding carboxylic acids is 1. The molecule has 0 heterocycles. The van der Waals surface area contributed by atoms with Crippen LogP contribution in [0.5, 0.6) is 0 Å². The van der Waals surface area contributed by atoms with Gasteiger partial charge in [0.25, 0.3) is 0 Å². The Balaban J connectivity index is 3.45. The highest BCUT2D eigenvalue weighted by molar-refractivity contribution is 5.69. The van der Waals surface area contributed by atoms with Crippen molar-refractivity contribution < 1.29 is 19.4 Å². The number of hydrogen-bond acceptors (Lipinski definition) is 4. The first-order chi connectivity index (χ1) is 17.7. The van der Waals surface area contributed by atoms with Crippen LogP contribution >= 0.6 is 0 Å². The Morgan fingerprint density at radius 3 is 1.61 bits per heavy atom. The van der Waals surface area contributed by atoms with Crippen LogP contribution < -0.4 is 0 Å². The molecule has 0 aromatic heterocycles. The molecule has 0 radical (unpaired) electrons. The Bertz CT molecular complexity index is 463. The number of aliphatic hydroxyl groups is 1. The van der Waals surface area contributed by atoms with E-state index < -0.39 is 6.10 Å². The number of rotatable bonds is 29. The van der Waals surface area contributed by atoms with Crippen molar-refractivity contribution in [1.29, 1.82) is 0 Å². The van der Waals surface area contributed by atoms with E-state index in [0.717, 1.165) is 19.3 Å². The largest absolute Gasteiger partial charge is 0.457 e. The van der Waals surface area contributed by atoms with E-state index in [1.54, 1.807) is 0 Å². The van der Waals surface area contributed by atoms with Crippen LogP contribution in [0, 0.1) is 0 Å². The lowest BCUT2D eigenvalue weighted by Crippen LogP contribution is -2.27. The predicted molar refractivity (Wildman–Crippen MR) is 154 cm³/mol. The van der Waals surface area contributed by atoms with Crippen molar-refractivity contribution >= 4 is 5.97 Å². The summed E-state index contributed by atoms with van der Waals surface area (Å²) in [7, 11) is 0. The van der Waals surface area contributed by atoms with Crippen LogP contribution in [0.4, 0.5) is 0 Å². The minimum Gasteiger partial charge on any atom is -0.457 e. The van der Waals surface area contributed by atoms with Gasteiger partial charge in [0.1, 0.15) is 6.10 Å². The van der Waals surface area contributed by atoms with Crippen LogP contribution in [0.25, 0.3) is 0 Å². The zero-order valence-corrected chi connectivity index (χ0v) is 24.3. The zero-order valence-electron chi connectivity index (χ0n) is 24.3. The predicted octanol–water partition coefficient (Wildman–Crippen LogP) is 9.48. The minimum atomic E-state index is -0.529. The minimum absolute atomic E-state index is 0.171. The summed E-state index contributed by atoms with van der Waals surface area (Å²) in [6, 6.07) is 0. The molecule has 0 amide bonds. The van der Waals surface area contributed by atoms with Crippen LogP contribution in [0.3, 0.4) is 0 Å². The molecule has 0 saturated carbocycles. The maximum atomic E-state index is 12.0. The fourth-order valence-electron chi connectivity index (χ4n) is 4.44. The lowest BCUT2D eigenvalue weighted by atomic mass is 10.1. The Labute approximate surface area is 225 Å². The van der Waals surface area contributed by atoms with Gasteiger partial charge in [-0.25, -0.2) is 0 Å². The van der Waals surface area contributed by atoms with Crippen molar-refractivity contribution in [3.63, 3.8) is 0 Å². The van der Waals surface area contributed by atoms with Gasteiger partial charge in [-0.05, 0) is 38.5 Å². The second-order valence-electron chi connectivity index (χ2n) is 10.5. The Morgan fingerprint density at radius 1 is 0.639 bits per heavy atom. The second kappa shape index (κ2) is 30.4. The molecule has 4 heteroatoms. The maximum absolute atomic E-state index is 12.0. The molecule has 1 unspecified atom stereocenters. The van der Waals surface area contributed by atoms with Gasteiger partial charge in [0.05, 0.1) is 13.2 Å². The van der Waals surface area contributed by atoms with Crippen molar-refractivity contribution in [3.05, 3.63) is 12.2 Å². The van der Waals surface area contributed by atoms with Gasteiger partial charge in [-0.3, -0.25) is 4.79 Å². The van der Waals surface area contributed by atoms with Crippen LogP contribution in [-0.4, -0.2) is 37.0 Å². The van der Waals surface area contributed by atoms with Gasteiger partial charge in [-0.1, -0.05) is 129 Å². The van der Waals surface area contributed by atoms with E-state index in [1.165, 1.54) is 122 Å². The molecule has 0 aromatic carbocycles. The first-order valence-corrected chi connectivity index (χ1v) is 15.8. The van der Waals surface area contributed by atoms with Gasteiger partial charge in [0.15, 0.2) is 0 Å². The quantitative estimate of drug-likeness (QED) is 0.0618. The highest BCUT2D eigenvalue weighted by atomic mass is 16.6. The van der Waals surface area contributed by atoms with E-state index in [1.807, 2.05) is 0 Å². The Morgan fingerprint density at radius 2 is 1.08 bits per heavy atom. The topological polar surface area (TPSA) is 55.8 Å². The van der Waals surface area contributed by atoms with Gasteiger partial charge in [-0.2, -0.15) is 0 Å².